The van der Waals surface area contributed by atoms with Crippen molar-refractivity contribution in [1.82, 2.24) is 0 Å². The molecule has 2 aromatic carbocycles. The van der Waals surface area contributed by atoms with Crippen LogP contribution in [-0.4, -0.2) is 11.3 Å². The number of hydrogen-bond donors (Lipinski definition) is 1. The number of para-hydroxylation sites is 1. The van der Waals surface area contributed by atoms with E-state index in [0.29, 0.717) is 11.3 Å². The van der Waals surface area contributed by atoms with Crippen LogP contribution in [0.15, 0.2) is 54.6 Å². The van der Waals surface area contributed by atoms with E-state index >= 15 is 0 Å². The highest BCUT2D eigenvalue weighted by Crippen LogP contribution is 2.35. The summed E-state index contributed by atoms with van der Waals surface area (Å²) in [5.74, 6) is 1.52. The Balaban J connectivity index is 1.74. The molecule has 0 bridgehead atoms. The Hall–Kier alpha value is -2.13. The van der Waals surface area contributed by atoms with Gasteiger partial charge >= 0.3 is 0 Å². The van der Waals surface area contributed by atoms with Gasteiger partial charge in [-0.2, -0.15) is 0 Å². The first-order chi connectivity index (χ1) is 9.17. The zero-order chi connectivity index (χ0) is 13.3. The molecule has 19 heavy (non-hydrogen) atoms. The topological polar surface area (TPSA) is 52.3 Å². The quantitative estimate of drug-likeness (QED) is 0.851. The maximum absolute atomic E-state index is 12.0. The van der Waals surface area contributed by atoms with Gasteiger partial charge in [0.15, 0.2) is 5.78 Å². The van der Waals surface area contributed by atoms with Crippen LogP contribution in [0.1, 0.15) is 23.2 Å². The number of ether oxygens (including phenoxy) is 1. The molecule has 0 spiro atoms. The molecule has 1 fully saturated rings. The molecule has 0 atom stereocenters. The molecule has 0 amide bonds. The Bertz CT molecular complexity index is 586. The lowest BCUT2D eigenvalue weighted by atomic mass is 10.0. The number of ketones is 1. The lowest BCUT2D eigenvalue weighted by Crippen LogP contribution is -2.32. The number of benzene rings is 2. The molecule has 0 aliphatic heterocycles. The van der Waals surface area contributed by atoms with Crippen molar-refractivity contribution in [2.45, 2.75) is 18.4 Å². The third-order valence-corrected chi connectivity index (χ3v) is 3.34. The minimum absolute atomic E-state index is 0.0266. The Morgan fingerprint density at radius 2 is 1.53 bits per heavy atom. The lowest BCUT2D eigenvalue weighted by molar-refractivity contribution is 0.0949. The van der Waals surface area contributed by atoms with Crippen LogP contribution in [-0.2, 0) is 0 Å². The van der Waals surface area contributed by atoms with Crippen LogP contribution in [0.2, 0.25) is 0 Å². The zero-order valence-electron chi connectivity index (χ0n) is 10.5. The summed E-state index contributed by atoms with van der Waals surface area (Å²) in [7, 11) is 0. The van der Waals surface area contributed by atoms with Gasteiger partial charge in [-0.1, -0.05) is 18.2 Å². The molecule has 2 N–H and O–H groups in total. The van der Waals surface area contributed by atoms with E-state index in [2.05, 4.69) is 0 Å². The fourth-order valence-electron chi connectivity index (χ4n) is 1.95. The minimum atomic E-state index is -0.609. The fraction of sp³-hybridized carbons (Fsp3) is 0.188. The summed E-state index contributed by atoms with van der Waals surface area (Å²) in [4.78, 5) is 12.0. The lowest BCUT2D eigenvalue weighted by Gasteiger charge is -2.09. The summed E-state index contributed by atoms with van der Waals surface area (Å²) in [5, 5.41) is 0. The number of carbonyl (C=O) groups excluding carboxylic acids is 1. The van der Waals surface area contributed by atoms with Crippen LogP contribution in [0, 0.1) is 0 Å². The predicted octanol–water partition coefficient (Wildman–Crippen LogP) is 3.15. The second-order valence-electron chi connectivity index (χ2n) is 4.92. The molecule has 3 nitrogen and oxygen atoms in total. The van der Waals surface area contributed by atoms with Gasteiger partial charge in [0.05, 0.1) is 5.54 Å². The first kappa shape index (κ1) is 11.9. The molecule has 1 aliphatic carbocycles. The fourth-order valence-corrected chi connectivity index (χ4v) is 1.95. The van der Waals surface area contributed by atoms with Crippen molar-refractivity contribution in [2.75, 3.05) is 0 Å². The summed E-state index contributed by atoms with van der Waals surface area (Å²) < 4.78 is 5.67. The number of hydrogen-bond acceptors (Lipinski definition) is 3. The van der Waals surface area contributed by atoms with E-state index in [1.165, 1.54) is 0 Å². The van der Waals surface area contributed by atoms with E-state index in [-0.39, 0.29) is 5.78 Å². The number of carbonyl (C=O) groups is 1. The van der Waals surface area contributed by atoms with Crippen molar-refractivity contribution in [3.05, 3.63) is 60.2 Å². The van der Waals surface area contributed by atoms with E-state index in [1.54, 1.807) is 24.3 Å². The molecule has 1 aliphatic rings. The maximum atomic E-state index is 12.0. The standard InChI is InChI=1S/C16H15NO2/c17-16(10-11-16)15(18)12-6-8-14(9-7-12)19-13-4-2-1-3-5-13/h1-9H,10-11,17H2. The van der Waals surface area contributed by atoms with Gasteiger partial charge in [0, 0.05) is 5.56 Å². The largest absolute Gasteiger partial charge is 0.457 e. The molecule has 3 rings (SSSR count). The number of rotatable bonds is 4. The molecule has 96 valence electrons. The van der Waals surface area contributed by atoms with Gasteiger partial charge in [0.2, 0.25) is 0 Å². The Kier molecular flexibility index (Phi) is 2.84. The molecule has 1 saturated carbocycles. The zero-order valence-corrected chi connectivity index (χ0v) is 10.5. The third kappa shape index (κ3) is 2.51. The molecule has 0 saturated heterocycles. The second-order valence-corrected chi connectivity index (χ2v) is 4.92. The van der Waals surface area contributed by atoms with Crippen molar-refractivity contribution < 1.29 is 9.53 Å². The van der Waals surface area contributed by atoms with Crippen LogP contribution in [0.25, 0.3) is 0 Å². The van der Waals surface area contributed by atoms with Gasteiger partial charge in [-0.3, -0.25) is 4.79 Å². The molecule has 0 radical (unpaired) electrons. The molecule has 0 heterocycles. The predicted molar refractivity (Wildman–Crippen MR) is 73.4 cm³/mol. The molecule has 3 heteroatoms. The van der Waals surface area contributed by atoms with E-state index in [9.17, 15) is 4.79 Å². The van der Waals surface area contributed by atoms with E-state index in [4.69, 9.17) is 10.5 Å². The van der Waals surface area contributed by atoms with Gasteiger partial charge in [0.25, 0.3) is 0 Å². The Morgan fingerprint density at radius 1 is 0.947 bits per heavy atom. The monoisotopic (exact) mass is 253 g/mol. The van der Waals surface area contributed by atoms with Crippen LogP contribution in [0.3, 0.4) is 0 Å². The van der Waals surface area contributed by atoms with Crippen molar-refractivity contribution in [3.8, 4) is 11.5 Å². The first-order valence-corrected chi connectivity index (χ1v) is 6.34. The molecule has 0 unspecified atom stereocenters. The van der Waals surface area contributed by atoms with Crippen molar-refractivity contribution in [3.63, 3.8) is 0 Å². The molecule has 0 aromatic heterocycles. The number of Topliss-reactive ketones (excluding diaryl/α,β-unsaturated/α-hetero) is 1. The normalized spacial score (nSPS) is 15.8. The summed E-state index contributed by atoms with van der Waals surface area (Å²) in [6, 6.07) is 16.7. The smallest absolute Gasteiger partial charge is 0.182 e. The van der Waals surface area contributed by atoms with Crippen molar-refractivity contribution in [1.29, 1.82) is 0 Å². The highest BCUT2D eigenvalue weighted by molar-refractivity contribution is 6.05. The highest BCUT2D eigenvalue weighted by Gasteiger charge is 2.45. The number of nitrogens with two attached hydrogens (primary N) is 1. The Morgan fingerprint density at radius 3 is 2.11 bits per heavy atom. The first-order valence-electron chi connectivity index (χ1n) is 6.34. The van der Waals surface area contributed by atoms with Crippen molar-refractivity contribution >= 4 is 5.78 Å². The van der Waals surface area contributed by atoms with Gasteiger partial charge in [-0.05, 0) is 49.2 Å². The second kappa shape index (κ2) is 4.52. The maximum Gasteiger partial charge on any atom is 0.182 e. The van der Waals surface area contributed by atoms with Gasteiger partial charge in [-0.25, -0.2) is 0 Å². The molecular weight excluding hydrogens is 238 g/mol. The summed E-state index contributed by atoms with van der Waals surface area (Å²) >= 11 is 0. The van der Waals surface area contributed by atoms with Gasteiger partial charge in [-0.15, -0.1) is 0 Å². The van der Waals surface area contributed by atoms with E-state index < -0.39 is 5.54 Å². The third-order valence-electron chi connectivity index (χ3n) is 3.34. The van der Waals surface area contributed by atoms with Crippen LogP contribution >= 0.6 is 0 Å². The van der Waals surface area contributed by atoms with Crippen LogP contribution in [0.5, 0.6) is 11.5 Å². The van der Waals surface area contributed by atoms with Gasteiger partial charge < -0.3 is 10.5 Å². The molecule has 2 aromatic rings. The Labute approximate surface area is 112 Å². The minimum Gasteiger partial charge on any atom is -0.457 e. The summed E-state index contributed by atoms with van der Waals surface area (Å²) in [6.07, 6.45) is 1.57. The summed E-state index contributed by atoms with van der Waals surface area (Å²) in [5.41, 5.74) is 5.95. The molecular formula is C16H15NO2. The van der Waals surface area contributed by atoms with Gasteiger partial charge in [0.1, 0.15) is 11.5 Å². The SMILES string of the molecule is NC1(C(=O)c2ccc(Oc3ccccc3)cc2)CC1. The van der Waals surface area contributed by atoms with Crippen LogP contribution in [0.4, 0.5) is 0 Å². The van der Waals surface area contributed by atoms with Crippen LogP contribution < -0.4 is 10.5 Å². The highest BCUT2D eigenvalue weighted by atomic mass is 16.5. The van der Waals surface area contributed by atoms with E-state index in [1.807, 2.05) is 30.3 Å². The average molecular weight is 253 g/mol. The summed E-state index contributed by atoms with van der Waals surface area (Å²) in [6.45, 7) is 0. The van der Waals surface area contributed by atoms with Crippen molar-refractivity contribution in [2.24, 2.45) is 5.73 Å². The van der Waals surface area contributed by atoms with E-state index in [0.717, 1.165) is 18.6 Å². The average Bonchev–Trinajstić information content (AvgIpc) is 3.19.